The molecular formula is C14H15N3O5S. The normalized spacial score (nSPS) is 12.7. The molecule has 1 aromatic heterocycles. The molecule has 1 amide bonds. The van der Waals surface area contributed by atoms with Crippen LogP contribution in [0.25, 0.3) is 0 Å². The minimum atomic E-state index is -4.15. The van der Waals surface area contributed by atoms with Crippen LogP contribution in [-0.4, -0.2) is 30.0 Å². The highest BCUT2D eigenvalue weighted by molar-refractivity contribution is 7.89. The standard InChI is InChI=1S/C14H15N3O5S/c1-17-8-10(7-11(17)13(15)18)23(21,22)16-12(14(19)20)9-5-3-2-4-6-9/h2-8,12,16H,1H3,(H2,15,18)(H,19,20)/t12-/m0/s1. The molecule has 23 heavy (non-hydrogen) atoms. The monoisotopic (exact) mass is 337 g/mol. The zero-order valence-electron chi connectivity index (χ0n) is 12.1. The number of aromatic nitrogens is 1. The van der Waals surface area contributed by atoms with E-state index in [1.165, 1.54) is 29.9 Å². The third-order valence-corrected chi connectivity index (χ3v) is 4.59. The predicted molar refractivity (Wildman–Crippen MR) is 81.1 cm³/mol. The fourth-order valence-corrected chi connectivity index (χ4v) is 3.30. The predicted octanol–water partition coefficient (Wildman–Crippen LogP) is 0.228. The first-order valence-corrected chi connectivity index (χ1v) is 7.97. The highest BCUT2D eigenvalue weighted by Gasteiger charge is 2.28. The number of amides is 1. The number of carbonyl (C=O) groups is 2. The topological polar surface area (TPSA) is 131 Å². The molecule has 1 heterocycles. The summed E-state index contributed by atoms with van der Waals surface area (Å²) in [7, 11) is -2.68. The smallest absolute Gasteiger partial charge is 0.326 e. The number of carboxylic acids is 1. The van der Waals surface area contributed by atoms with Crippen molar-refractivity contribution >= 4 is 21.9 Å². The van der Waals surface area contributed by atoms with E-state index in [4.69, 9.17) is 5.73 Å². The van der Waals surface area contributed by atoms with Gasteiger partial charge in [0, 0.05) is 13.2 Å². The Kier molecular flexibility index (Phi) is 4.52. The number of aryl methyl sites for hydroxylation is 1. The van der Waals surface area contributed by atoms with Crippen LogP contribution in [0, 0.1) is 0 Å². The minimum Gasteiger partial charge on any atom is -0.480 e. The zero-order chi connectivity index (χ0) is 17.2. The number of sulfonamides is 1. The number of primary amides is 1. The third-order valence-electron chi connectivity index (χ3n) is 3.20. The van der Waals surface area contributed by atoms with Gasteiger partial charge in [0.25, 0.3) is 5.91 Å². The molecule has 0 fully saturated rings. The Bertz CT molecular complexity index is 843. The Morgan fingerprint density at radius 3 is 2.35 bits per heavy atom. The van der Waals surface area contributed by atoms with Gasteiger partial charge in [-0.05, 0) is 11.6 Å². The summed E-state index contributed by atoms with van der Waals surface area (Å²) in [5.41, 5.74) is 5.43. The van der Waals surface area contributed by atoms with Gasteiger partial charge < -0.3 is 15.4 Å². The fraction of sp³-hybridized carbons (Fsp3) is 0.143. The van der Waals surface area contributed by atoms with Gasteiger partial charge in [-0.25, -0.2) is 8.42 Å². The summed E-state index contributed by atoms with van der Waals surface area (Å²) in [6.07, 6.45) is 1.19. The lowest BCUT2D eigenvalue weighted by molar-refractivity contribution is -0.139. The zero-order valence-corrected chi connectivity index (χ0v) is 12.9. The summed E-state index contributed by atoms with van der Waals surface area (Å²) in [4.78, 5) is 22.3. The summed E-state index contributed by atoms with van der Waals surface area (Å²) >= 11 is 0. The molecule has 0 saturated carbocycles. The number of carbonyl (C=O) groups excluding carboxylic acids is 1. The molecule has 0 aliphatic heterocycles. The van der Waals surface area contributed by atoms with Gasteiger partial charge in [0.15, 0.2) is 0 Å². The molecule has 0 unspecified atom stereocenters. The van der Waals surface area contributed by atoms with Crippen molar-refractivity contribution in [3.63, 3.8) is 0 Å². The second-order valence-corrected chi connectivity index (χ2v) is 6.55. The number of nitrogens with two attached hydrogens (primary N) is 1. The van der Waals surface area contributed by atoms with Crippen LogP contribution in [0.3, 0.4) is 0 Å². The van der Waals surface area contributed by atoms with Gasteiger partial charge in [0.05, 0.1) is 0 Å². The molecule has 0 bridgehead atoms. The van der Waals surface area contributed by atoms with Crippen molar-refractivity contribution in [1.82, 2.24) is 9.29 Å². The van der Waals surface area contributed by atoms with Crippen molar-refractivity contribution in [2.75, 3.05) is 0 Å². The number of carboxylic acid groups (broad SMARTS) is 1. The quantitative estimate of drug-likeness (QED) is 0.694. The van der Waals surface area contributed by atoms with Crippen molar-refractivity contribution in [2.45, 2.75) is 10.9 Å². The van der Waals surface area contributed by atoms with Crippen LogP contribution < -0.4 is 10.5 Å². The minimum absolute atomic E-state index is 0.00281. The average molecular weight is 337 g/mol. The Morgan fingerprint density at radius 1 is 1.26 bits per heavy atom. The van der Waals surface area contributed by atoms with Crippen molar-refractivity contribution in [3.8, 4) is 0 Å². The van der Waals surface area contributed by atoms with Crippen LogP contribution in [0.1, 0.15) is 22.1 Å². The maximum atomic E-state index is 12.4. The second-order valence-electron chi connectivity index (χ2n) is 4.84. The Balaban J connectivity index is 2.37. The number of rotatable bonds is 6. The first-order chi connectivity index (χ1) is 10.7. The van der Waals surface area contributed by atoms with Crippen molar-refractivity contribution in [2.24, 2.45) is 12.8 Å². The van der Waals surface area contributed by atoms with E-state index in [2.05, 4.69) is 4.72 Å². The lowest BCUT2D eigenvalue weighted by atomic mass is 10.1. The van der Waals surface area contributed by atoms with Gasteiger partial charge in [-0.2, -0.15) is 4.72 Å². The third kappa shape index (κ3) is 3.58. The van der Waals surface area contributed by atoms with Gasteiger partial charge in [-0.15, -0.1) is 0 Å². The van der Waals surface area contributed by atoms with Gasteiger partial charge in [0.1, 0.15) is 16.6 Å². The average Bonchev–Trinajstić information content (AvgIpc) is 2.88. The lowest BCUT2D eigenvalue weighted by Crippen LogP contribution is -2.33. The van der Waals surface area contributed by atoms with E-state index < -0.39 is 27.9 Å². The molecule has 4 N–H and O–H groups in total. The Morgan fingerprint density at radius 2 is 1.87 bits per heavy atom. The van der Waals surface area contributed by atoms with Crippen LogP contribution in [0.2, 0.25) is 0 Å². The summed E-state index contributed by atoms with van der Waals surface area (Å²) < 4.78 is 28.1. The largest absolute Gasteiger partial charge is 0.480 e. The molecule has 0 radical (unpaired) electrons. The molecule has 1 aromatic carbocycles. The van der Waals surface area contributed by atoms with Crippen LogP contribution in [0.15, 0.2) is 47.5 Å². The van der Waals surface area contributed by atoms with Gasteiger partial charge >= 0.3 is 5.97 Å². The molecule has 122 valence electrons. The van der Waals surface area contributed by atoms with Crippen molar-refractivity contribution in [1.29, 1.82) is 0 Å². The van der Waals surface area contributed by atoms with Gasteiger partial charge in [-0.3, -0.25) is 9.59 Å². The molecule has 0 saturated heterocycles. The van der Waals surface area contributed by atoms with Gasteiger partial charge in [0.2, 0.25) is 10.0 Å². The highest BCUT2D eigenvalue weighted by atomic mass is 32.2. The number of hydrogen-bond donors (Lipinski definition) is 3. The lowest BCUT2D eigenvalue weighted by Gasteiger charge is -2.14. The van der Waals surface area contributed by atoms with Crippen molar-refractivity contribution in [3.05, 3.63) is 53.9 Å². The summed E-state index contributed by atoms with van der Waals surface area (Å²) in [5.74, 6) is -2.13. The van der Waals surface area contributed by atoms with Crippen LogP contribution >= 0.6 is 0 Å². The maximum absolute atomic E-state index is 12.4. The maximum Gasteiger partial charge on any atom is 0.326 e. The summed E-state index contributed by atoms with van der Waals surface area (Å²) in [5, 5.41) is 9.28. The van der Waals surface area contributed by atoms with Crippen LogP contribution in [0.5, 0.6) is 0 Å². The molecule has 9 heteroatoms. The number of hydrogen-bond acceptors (Lipinski definition) is 4. The van der Waals surface area contributed by atoms with E-state index in [-0.39, 0.29) is 16.2 Å². The molecule has 0 aliphatic rings. The molecule has 0 aliphatic carbocycles. The van der Waals surface area contributed by atoms with E-state index in [1.807, 2.05) is 0 Å². The highest BCUT2D eigenvalue weighted by Crippen LogP contribution is 2.19. The second kappa shape index (κ2) is 6.23. The van der Waals surface area contributed by atoms with E-state index in [0.717, 1.165) is 6.07 Å². The molecule has 1 atom stereocenters. The Labute approximate surface area is 132 Å². The number of nitrogens with zero attached hydrogens (tertiary/aromatic N) is 1. The molecule has 0 spiro atoms. The van der Waals surface area contributed by atoms with Crippen molar-refractivity contribution < 1.29 is 23.1 Å². The van der Waals surface area contributed by atoms with Gasteiger partial charge in [-0.1, -0.05) is 30.3 Å². The first-order valence-electron chi connectivity index (χ1n) is 6.48. The van der Waals surface area contributed by atoms with E-state index >= 15 is 0 Å². The SMILES string of the molecule is Cn1cc(S(=O)(=O)N[C@H](C(=O)O)c2ccccc2)cc1C(N)=O. The molecular weight excluding hydrogens is 322 g/mol. The van der Waals surface area contributed by atoms with E-state index in [9.17, 15) is 23.1 Å². The summed E-state index contributed by atoms with van der Waals surface area (Å²) in [6, 6.07) is 7.54. The fourth-order valence-electron chi connectivity index (χ4n) is 2.06. The number of nitrogens with one attached hydrogen (secondary N) is 1. The van der Waals surface area contributed by atoms with Crippen LogP contribution in [-0.2, 0) is 21.9 Å². The van der Waals surface area contributed by atoms with E-state index in [1.54, 1.807) is 18.2 Å². The molecule has 2 aromatic rings. The number of aliphatic carboxylic acids is 1. The molecule has 8 nitrogen and oxygen atoms in total. The van der Waals surface area contributed by atoms with Crippen LogP contribution in [0.4, 0.5) is 0 Å². The number of benzene rings is 1. The Hall–Kier alpha value is -2.65. The summed E-state index contributed by atoms with van der Waals surface area (Å²) in [6.45, 7) is 0. The first kappa shape index (κ1) is 16.7. The van der Waals surface area contributed by atoms with E-state index in [0.29, 0.717) is 0 Å². The molecule has 2 rings (SSSR count).